The molecule has 0 heterocycles. The summed E-state index contributed by atoms with van der Waals surface area (Å²) in [4.78, 5) is 34.4. The molecule has 2 N–H and O–H groups in total. The van der Waals surface area contributed by atoms with Crippen LogP contribution in [0.25, 0.3) is 0 Å². The quantitative estimate of drug-likeness (QED) is 0.696. The highest BCUT2D eigenvalue weighted by atomic mass is 16.5. The minimum atomic E-state index is -0.666. The smallest absolute Gasteiger partial charge is 0.342 e. The molecule has 0 aliphatic carbocycles. The normalized spacial score (nSPS) is 9.62. The molecule has 0 saturated heterocycles. The standard InChI is InChI=1S/C14H18N2O5/c1-3-15-12(17)8-16-13(18)9-21-14(19)10-6-4-5-7-11(10)20-2/h4-7H,3,8-9H2,1-2H3,(H,15,17)(H,16,18). The van der Waals surface area contributed by atoms with Crippen molar-refractivity contribution in [3.63, 3.8) is 0 Å². The number of hydrogen-bond donors (Lipinski definition) is 2. The zero-order chi connectivity index (χ0) is 15.7. The molecule has 0 aromatic heterocycles. The van der Waals surface area contributed by atoms with Gasteiger partial charge in [-0.25, -0.2) is 4.79 Å². The maximum absolute atomic E-state index is 11.8. The Balaban J connectivity index is 2.42. The molecule has 7 nitrogen and oxygen atoms in total. The average molecular weight is 294 g/mol. The molecule has 0 saturated carbocycles. The number of para-hydroxylation sites is 1. The van der Waals surface area contributed by atoms with Gasteiger partial charge in [0.25, 0.3) is 5.91 Å². The summed E-state index contributed by atoms with van der Waals surface area (Å²) in [6, 6.07) is 6.53. The molecule has 1 aromatic carbocycles. The molecule has 0 fully saturated rings. The molecule has 0 unspecified atom stereocenters. The zero-order valence-electron chi connectivity index (χ0n) is 12.0. The summed E-state index contributed by atoms with van der Waals surface area (Å²) in [6.45, 7) is 1.64. The lowest BCUT2D eigenvalue weighted by Crippen LogP contribution is -2.38. The van der Waals surface area contributed by atoms with Crippen LogP contribution in [0.15, 0.2) is 24.3 Å². The fourth-order valence-electron chi connectivity index (χ4n) is 1.51. The second-order valence-corrected chi connectivity index (χ2v) is 4.01. The van der Waals surface area contributed by atoms with E-state index in [2.05, 4.69) is 10.6 Å². The van der Waals surface area contributed by atoms with Gasteiger partial charge in [-0.2, -0.15) is 0 Å². The number of methoxy groups -OCH3 is 1. The second kappa shape index (κ2) is 8.57. The number of carbonyl (C=O) groups excluding carboxylic acids is 3. The molecule has 0 radical (unpaired) electrons. The summed E-state index contributed by atoms with van der Waals surface area (Å²) in [5.41, 5.74) is 0.233. The van der Waals surface area contributed by atoms with Gasteiger partial charge in [0.05, 0.1) is 13.7 Å². The van der Waals surface area contributed by atoms with Gasteiger partial charge in [-0.1, -0.05) is 12.1 Å². The maximum Gasteiger partial charge on any atom is 0.342 e. The molecular weight excluding hydrogens is 276 g/mol. The lowest BCUT2D eigenvalue weighted by molar-refractivity contribution is -0.127. The van der Waals surface area contributed by atoms with Crippen LogP contribution in [0.4, 0.5) is 0 Å². The van der Waals surface area contributed by atoms with E-state index >= 15 is 0 Å². The summed E-state index contributed by atoms with van der Waals surface area (Å²) >= 11 is 0. The number of amides is 2. The Morgan fingerprint density at radius 2 is 1.81 bits per heavy atom. The third-order valence-corrected chi connectivity index (χ3v) is 2.48. The van der Waals surface area contributed by atoms with Crippen molar-refractivity contribution in [2.24, 2.45) is 0 Å². The third-order valence-electron chi connectivity index (χ3n) is 2.48. The van der Waals surface area contributed by atoms with Crippen LogP contribution in [0.3, 0.4) is 0 Å². The Hall–Kier alpha value is -2.57. The van der Waals surface area contributed by atoms with E-state index in [1.165, 1.54) is 13.2 Å². The predicted octanol–water partition coefficient (Wildman–Crippen LogP) is 0.104. The van der Waals surface area contributed by atoms with Crippen LogP contribution in [0.5, 0.6) is 5.75 Å². The first-order chi connectivity index (χ1) is 10.1. The number of esters is 1. The van der Waals surface area contributed by atoms with E-state index in [4.69, 9.17) is 9.47 Å². The second-order valence-electron chi connectivity index (χ2n) is 4.01. The number of nitrogens with one attached hydrogen (secondary N) is 2. The average Bonchev–Trinajstić information content (AvgIpc) is 2.50. The molecule has 0 atom stereocenters. The monoisotopic (exact) mass is 294 g/mol. The molecule has 1 rings (SSSR count). The van der Waals surface area contributed by atoms with E-state index in [-0.39, 0.29) is 18.0 Å². The highest BCUT2D eigenvalue weighted by molar-refractivity contribution is 5.94. The van der Waals surface area contributed by atoms with Crippen LogP contribution >= 0.6 is 0 Å². The molecule has 2 amide bonds. The number of carbonyl (C=O) groups is 3. The van der Waals surface area contributed by atoms with Crippen molar-refractivity contribution in [2.75, 3.05) is 26.8 Å². The van der Waals surface area contributed by atoms with Crippen LogP contribution < -0.4 is 15.4 Å². The van der Waals surface area contributed by atoms with Crippen molar-refractivity contribution in [2.45, 2.75) is 6.92 Å². The van der Waals surface area contributed by atoms with Gasteiger partial charge in [0, 0.05) is 6.54 Å². The Kier molecular flexibility index (Phi) is 6.73. The molecule has 1 aromatic rings. The molecule has 0 bridgehead atoms. The van der Waals surface area contributed by atoms with Gasteiger partial charge in [-0.05, 0) is 19.1 Å². The molecule has 0 aliphatic heterocycles. The lowest BCUT2D eigenvalue weighted by atomic mass is 10.2. The van der Waals surface area contributed by atoms with Gasteiger partial charge >= 0.3 is 5.97 Å². The van der Waals surface area contributed by atoms with Crippen molar-refractivity contribution in [3.8, 4) is 5.75 Å². The van der Waals surface area contributed by atoms with Crippen LogP contribution in [-0.2, 0) is 14.3 Å². The molecule has 0 aliphatic rings. The Morgan fingerprint density at radius 3 is 2.48 bits per heavy atom. The summed E-state index contributed by atoms with van der Waals surface area (Å²) in [5, 5.41) is 4.87. The topological polar surface area (TPSA) is 93.7 Å². The number of hydrogen-bond acceptors (Lipinski definition) is 5. The minimum Gasteiger partial charge on any atom is -0.496 e. The van der Waals surface area contributed by atoms with Crippen molar-refractivity contribution < 1.29 is 23.9 Å². The van der Waals surface area contributed by atoms with Gasteiger partial charge in [0.15, 0.2) is 6.61 Å². The number of rotatable bonds is 7. The first-order valence-corrected chi connectivity index (χ1v) is 6.42. The fourth-order valence-corrected chi connectivity index (χ4v) is 1.51. The van der Waals surface area contributed by atoms with E-state index in [0.29, 0.717) is 12.3 Å². The molecule has 0 spiro atoms. The zero-order valence-corrected chi connectivity index (χ0v) is 12.0. The van der Waals surface area contributed by atoms with Crippen molar-refractivity contribution >= 4 is 17.8 Å². The fraction of sp³-hybridized carbons (Fsp3) is 0.357. The van der Waals surface area contributed by atoms with Gasteiger partial charge in [-0.3, -0.25) is 9.59 Å². The van der Waals surface area contributed by atoms with Crippen molar-refractivity contribution in [3.05, 3.63) is 29.8 Å². The van der Waals surface area contributed by atoms with Crippen LogP contribution in [0.2, 0.25) is 0 Å². The SMILES string of the molecule is CCNC(=O)CNC(=O)COC(=O)c1ccccc1OC. The van der Waals surface area contributed by atoms with Gasteiger partial charge in [-0.15, -0.1) is 0 Å². The highest BCUT2D eigenvalue weighted by Crippen LogP contribution is 2.17. The molecule has 7 heteroatoms. The largest absolute Gasteiger partial charge is 0.496 e. The Labute approximate surface area is 122 Å². The highest BCUT2D eigenvalue weighted by Gasteiger charge is 2.14. The van der Waals surface area contributed by atoms with Crippen molar-refractivity contribution in [1.82, 2.24) is 10.6 Å². The summed E-state index contributed by atoms with van der Waals surface area (Å²) in [7, 11) is 1.44. The summed E-state index contributed by atoms with van der Waals surface area (Å²) in [5.74, 6) is -1.16. The van der Waals surface area contributed by atoms with Gasteiger partial charge < -0.3 is 20.1 Å². The van der Waals surface area contributed by atoms with Crippen LogP contribution in [0, 0.1) is 0 Å². The van der Waals surface area contributed by atoms with Crippen LogP contribution in [0.1, 0.15) is 17.3 Å². The third kappa shape index (κ3) is 5.52. The Morgan fingerprint density at radius 1 is 1.10 bits per heavy atom. The number of ether oxygens (including phenoxy) is 2. The Bertz CT molecular complexity index is 516. The van der Waals surface area contributed by atoms with E-state index in [1.54, 1.807) is 25.1 Å². The van der Waals surface area contributed by atoms with Gasteiger partial charge in [0.1, 0.15) is 11.3 Å². The van der Waals surface area contributed by atoms with Crippen molar-refractivity contribution in [1.29, 1.82) is 0 Å². The molecule has 114 valence electrons. The van der Waals surface area contributed by atoms with Gasteiger partial charge in [0.2, 0.25) is 5.91 Å². The van der Waals surface area contributed by atoms with E-state index in [1.807, 2.05) is 0 Å². The first kappa shape index (κ1) is 16.5. The maximum atomic E-state index is 11.8. The predicted molar refractivity (Wildman–Crippen MR) is 75.0 cm³/mol. The summed E-state index contributed by atoms with van der Waals surface area (Å²) in [6.07, 6.45) is 0. The summed E-state index contributed by atoms with van der Waals surface area (Å²) < 4.78 is 9.89. The first-order valence-electron chi connectivity index (χ1n) is 6.42. The number of likely N-dealkylation sites (N-methyl/N-ethyl adjacent to an activating group) is 1. The van der Waals surface area contributed by atoms with Crippen LogP contribution in [-0.4, -0.2) is 44.6 Å². The lowest BCUT2D eigenvalue weighted by Gasteiger charge is -2.09. The molecular formula is C14H18N2O5. The number of benzene rings is 1. The minimum absolute atomic E-state index is 0.154. The van der Waals surface area contributed by atoms with E-state index in [9.17, 15) is 14.4 Å². The van der Waals surface area contributed by atoms with E-state index in [0.717, 1.165) is 0 Å². The molecule has 21 heavy (non-hydrogen) atoms. The van der Waals surface area contributed by atoms with E-state index < -0.39 is 18.5 Å².